The third-order valence-corrected chi connectivity index (χ3v) is 2.87. The zero-order valence-corrected chi connectivity index (χ0v) is 8.69. The second-order valence-corrected chi connectivity index (χ2v) is 4.20. The lowest BCUT2D eigenvalue weighted by atomic mass is 10.1. The molecular weight excluding hydrogens is 200 g/mol. The number of hydrogen-bond acceptors (Lipinski definition) is 2. The summed E-state index contributed by atoms with van der Waals surface area (Å²) in [5.41, 5.74) is 1.97. The van der Waals surface area contributed by atoms with Crippen molar-refractivity contribution in [2.75, 3.05) is 0 Å². The van der Waals surface area contributed by atoms with Gasteiger partial charge in [0.25, 0.3) is 0 Å². The summed E-state index contributed by atoms with van der Waals surface area (Å²) in [6.45, 7) is 0. The summed E-state index contributed by atoms with van der Waals surface area (Å²) in [7, 11) is 1.99. The van der Waals surface area contributed by atoms with Crippen molar-refractivity contribution in [1.29, 1.82) is 0 Å². The first kappa shape index (κ1) is 8.79. The molecule has 13 heavy (non-hydrogen) atoms. The summed E-state index contributed by atoms with van der Waals surface area (Å²) >= 11 is 7.67. The maximum Gasteiger partial charge on any atom is 0.177 e. The van der Waals surface area contributed by atoms with E-state index >= 15 is 0 Å². The Morgan fingerprint density at radius 2 is 2.08 bits per heavy atom. The normalized spacial score (nSPS) is 10.2. The van der Waals surface area contributed by atoms with Crippen LogP contribution in [0.1, 0.15) is 0 Å². The Kier molecular flexibility index (Phi) is 2.38. The van der Waals surface area contributed by atoms with E-state index in [1.807, 2.05) is 37.5 Å². The highest BCUT2D eigenvalue weighted by molar-refractivity contribution is 7.18. The summed E-state index contributed by atoms with van der Waals surface area (Å²) in [4.78, 5) is 5.44. The molecule has 0 saturated heterocycles. The van der Waals surface area contributed by atoms with Crippen LogP contribution < -0.4 is 4.91 Å². The Hall–Kier alpha value is -0.795. The zero-order valence-electron chi connectivity index (χ0n) is 7.12. The molecule has 0 spiro atoms. The third kappa shape index (κ3) is 1.76. The fraction of sp³-hybridized carbons (Fsp3) is 0. The van der Waals surface area contributed by atoms with Crippen LogP contribution in [0.3, 0.4) is 0 Å². The fourth-order valence-corrected chi connectivity index (χ4v) is 2.00. The van der Waals surface area contributed by atoms with Crippen LogP contribution in [0.25, 0.3) is 11.3 Å². The van der Waals surface area contributed by atoms with E-state index in [-0.39, 0.29) is 0 Å². The first-order valence-electron chi connectivity index (χ1n) is 3.94. The van der Waals surface area contributed by atoms with E-state index in [1.165, 1.54) is 0 Å². The van der Waals surface area contributed by atoms with Crippen LogP contribution in [0, 0.1) is 0 Å². The van der Waals surface area contributed by atoms with Gasteiger partial charge in [0.1, 0.15) is 0 Å². The van der Waals surface area contributed by atoms with Crippen LogP contribution in [0.4, 0.5) is 0 Å². The molecule has 1 nitrogen and oxygen atoms in total. The quantitative estimate of drug-likeness (QED) is 0.649. The van der Waals surface area contributed by atoms with Gasteiger partial charge in [-0.15, -0.1) is 11.3 Å². The van der Waals surface area contributed by atoms with E-state index in [2.05, 4.69) is 4.98 Å². The molecule has 0 aliphatic carbocycles. The minimum atomic E-state index is 0.757. The third-order valence-electron chi connectivity index (χ3n) is 1.77. The van der Waals surface area contributed by atoms with Crippen molar-refractivity contribution in [3.8, 4) is 11.3 Å². The smallest absolute Gasteiger partial charge is 0.177 e. The lowest BCUT2D eigenvalue weighted by Crippen LogP contribution is -1.98. The lowest BCUT2D eigenvalue weighted by molar-refractivity contribution is 1.45. The van der Waals surface area contributed by atoms with Gasteiger partial charge >= 0.3 is 0 Å². The average Bonchev–Trinajstić information content (AvgIpc) is 2.53. The van der Waals surface area contributed by atoms with Gasteiger partial charge in [0.15, 0.2) is 7.85 Å². The second kappa shape index (κ2) is 3.52. The van der Waals surface area contributed by atoms with Crippen LogP contribution in [0.2, 0.25) is 5.02 Å². The number of nitrogens with zero attached hydrogens (tertiary/aromatic N) is 1. The number of benzene rings is 1. The molecule has 0 bridgehead atoms. The minimum absolute atomic E-state index is 0.757. The molecule has 1 aromatic carbocycles. The molecule has 0 atom stereocenters. The topological polar surface area (TPSA) is 12.9 Å². The number of hydrogen-bond donors (Lipinski definition) is 0. The van der Waals surface area contributed by atoms with Crippen molar-refractivity contribution in [3.05, 3.63) is 34.7 Å². The van der Waals surface area contributed by atoms with Gasteiger partial charge in [-0.05, 0) is 6.07 Å². The largest absolute Gasteiger partial charge is 0.252 e. The molecule has 0 aliphatic heterocycles. The Morgan fingerprint density at radius 3 is 2.69 bits per heavy atom. The van der Waals surface area contributed by atoms with Gasteiger partial charge in [0, 0.05) is 20.9 Å². The standard InChI is InChI=1S/C9H7BClNS/c10-9-12-8(5-13-9)6-3-1-2-4-7(6)11/h1-5H,10H2. The monoisotopic (exact) mass is 207 g/mol. The summed E-state index contributed by atoms with van der Waals surface area (Å²) in [6.07, 6.45) is 0. The van der Waals surface area contributed by atoms with Crippen LogP contribution in [0.5, 0.6) is 0 Å². The first-order valence-corrected chi connectivity index (χ1v) is 5.20. The minimum Gasteiger partial charge on any atom is -0.252 e. The number of thiazole rings is 1. The highest BCUT2D eigenvalue weighted by Crippen LogP contribution is 2.25. The van der Waals surface area contributed by atoms with Gasteiger partial charge in [-0.3, -0.25) is 4.98 Å². The van der Waals surface area contributed by atoms with Gasteiger partial charge in [0.2, 0.25) is 0 Å². The van der Waals surface area contributed by atoms with E-state index in [4.69, 9.17) is 11.6 Å². The van der Waals surface area contributed by atoms with Crippen LogP contribution in [-0.2, 0) is 0 Å². The van der Waals surface area contributed by atoms with Crippen LogP contribution >= 0.6 is 22.9 Å². The molecule has 0 amide bonds. The van der Waals surface area contributed by atoms with Crippen molar-refractivity contribution in [2.45, 2.75) is 0 Å². The van der Waals surface area contributed by atoms with Crippen molar-refractivity contribution < 1.29 is 0 Å². The predicted octanol–water partition coefficient (Wildman–Crippen LogP) is 1.72. The Bertz CT molecular complexity index is 427. The molecule has 4 heteroatoms. The predicted molar refractivity (Wildman–Crippen MR) is 60.7 cm³/mol. The summed E-state index contributed by atoms with van der Waals surface area (Å²) in [5.74, 6) is 0. The Labute approximate surface area is 86.8 Å². The van der Waals surface area contributed by atoms with Crippen molar-refractivity contribution in [2.24, 2.45) is 0 Å². The summed E-state index contributed by atoms with van der Waals surface area (Å²) < 4.78 is 0. The summed E-state index contributed by atoms with van der Waals surface area (Å²) in [5, 5.41) is 2.78. The molecule has 0 N–H and O–H groups in total. The Balaban J connectivity index is 2.52. The molecule has 0 unspecified atom stereocenters. The van der Waals surface area contributed by atoms with E-state index in [1.54, 1.807) is 11.3 Å². The molecule has 0 aliphatic rings. The van der Waals surface area contributed by atoms with Crippen molar-refractivity contribution >= 4 is 35.7 Å². The van der Waals surface area contributed by atoms with Gasteiger partial charge in [-0.25, -0.2) is 0 Å². The molecule has 0 saturated carbocycles. The number of halogens is 1. The molecule has 64 valence electrons. The molecule has 1 aromatic heterocycles. The van der Waals surface area contributed by atoms with E-state index in [0.29, 0.717) is 0 Å². The summed E-state index contributed by atoms with van der Waals surface area (Å²) in [6, 6.07) is 7.75. The SMILES string of the molecule is Bc1nc(-c2ccccc2Cl)cs1. The van der Waals surface area contributed by atoms with Crippen LogP contribution in [0.15, 0.2) is 29.6 Å². The van der Waals surface area contributed by atoms with Crippen molar-refractivity contribution in [3.63, 3.8) is 0 Å². The van der Waals surface area contributed by atoms with Gasteiger partial charge < -0.3 is 0 Å². The molecule has 1 heterocycles. The van der Waals surface area contributed by atoms with E-state index < -0.39 is 0 Å². The van der Waals surface area contributed by atoms with Gasteiger partial charge in [-0.2, -0.15) is 0 Å². The second-order valence-electron chi connectivity index (χ2n) is 2.73. The van der Waals surface area contributed by atoms with Gasteiger partial charge in [-0.1, -0.05) is 29.8 Å². The maximum atomic E-state index is 6.03. The van der Waals surface area contributed by atoms with Crippen molar-refractivity contribution in [1.82, 2.24) is 4.98 Å². The zero-order chi connectivity index (χ0) is 9.26. The van der Waals surface area contributed by atoms with Gasteiger partial charge in [0.05, 0.1) is 5.69 Å². The highest BCUT2D eigenvalue weighted by atomic mass is 35.5. The molecule has 0 fully saturated rings. The number of aromatic nitrogens is 1. The molecule has 2 rings (SSSR count). The number of rotatable bonds is 1. The fourth-order valence-electron chi connectivity index (χ4n) is 1.16. The lowest BCUT2D eigenvalue weighted by Gasteiger charge is -1.98. The average molecular weight is 207 g/mol. The van der Waals surface area contributed by atoms with E-state index in [9.17, 15) is 0 Å². The van der Waals surface area contributed by atoms with Crippen LogP contribution in [-0.4, -0.2) is 12.8 Å². The molecule has 2 aromatic rings. The molecular formula is C9H7BClNS. The first-order chi connectivity index (χ1) is 6.27. The Morgan fingerprint density at radius 1 is 1.31 bits per heavy atom. The maximum absolute atomic E-state index is 6.03. The van der Waals surface area contributed by atoms with E-state index in [0.717, 1.165) is 21.2 Å². The molecule has 0 radical (unpaired) electrons. The highest BCUT2D eigenvalue weighted by Gasteiger charge is 2.04.